The number of amides is 1. The molecule has 2 N–H and O–H groups in total. The number of fused-ring (bicyclic) bond motifs is 1. The standard InChI is InChI=1S/C22H25N3O2/c1-25(14-16-5-3-2-4-6-16)10-9-18-13-23-21-8-7-17(12-20(18)21)11-19-15-27-22(26)24-19/h2-8,12-13,19,23H,9-11,14-15H2,1H3,(H,24,26)/t19-/m0/s1. The van der Waals surface area contributed by atoms with Crippen molar-refractivity contribution in [1.82, 2.24) is 15.2 Å². The average molecular weight is 363 g/mol. The average Bonchev–Trinajstić information content (AvgIpc) is 3.26. The number of rotatable bonds is 7. The molecule has 0 aliphatic carbocycles. The molecule has 1 saturated heterocycles. The Morgan fingerprint density at radius 2 is 2.00 bits per heavy atom. The second-order valence-electron chi connectivity index (χ2n) is 7.31. The van der Waals surface area contributed by atoms with Crippen LogP contribution in [0.2, 0.25) is 0 Å². The Labute approximate surface area is 159 Å². The smallest absolute Gasteiger partial charge is 0.407 e. The molecule has 1 atom stereocenters. The molecule has 1 aromatic heterocycles. The van der Waals surface area contributed by atoms with Crippen molar-refractivity contribution in [3.05, 3.63) is 71.4 Å². The lowest BCUT2D eigenvalue weighted by Crippen LogP contribution is -2.28. The first kappa shape index (κ1) is 17.6. The molecular weight excluding hydrogens is 338 g/mol. The fourth-order valence-corrected chi connectivity index (χ4v) is 3.67. The highest BCUT2D eigenvalue weighted by Crippen LogP contribution is 2.22. The minimum absolute atomic E-state index is 0.0642. The van der Waals surface area contributed by atoms with E-state index in [4.69, 9.17) is 4.74 Å². The van der Waals surface area contributed by atoms with Crippen molar-refractivity contribution < 1.29 is 9.53 Å². The Hall–Kier alpha value is -2.79. The molecule has 140 valence electrons. The number of benzene rings is 2. The lowest BCUT2D eigenvalue weighted by molar-refractivity contribution is 0.177. The van der Waals surface area contributed by atoms with E-state index in [1.54, 1.807) is 0 Å². The lowest BCUT2D eigenvalue weighted by Gasteiger charge is -2.16. The number of hydrogen-bond acceptors (Lipinski definition) is 3. The number of nitrogens with zero attached hydrogens (tertiary/aromatic N) is 1. The van der Waals surface area contributed by atoms with Gasteiger partial charge in [0.15, 0.2) is 0 Å². The van der Waals surface area contributed by atoms with E-state index in [9.17, 15) is 4.79 Å². The first-order valence-electron chi connectivity index (χ1n) is 9.42. The number of aromatic amines is 1. The highest BCUT2D eigenvalue weighted by molar-refractivity contribution is 5.84. The number of ether oxygens (including phenoxy) is 1. The lowest BCUT2D eigenvalue weighted by atomic mass is 10.0. The van der Waals surface area contributed by atoms with Gasteiger partial charge in [-0.15, -0.1) is 0 Å². The fourth-order valence-electron chi connectivity index (χ4n) is 3.67. The molecule has 0 spiro atoms. The number of cyclic esters (lactones) is 1. The van der Waals surface area contributed by atoms with Crippen LogP contribution in [-0.4, -0.2) is 42.2 Å². The van der Waals surface area contributed by atoms with E-state index in [1.165, 1.54) is 22.1 Å². The molecule has 4 rings (SSSR count). The molecule has 0 unspecified atom stereocenters. The van der Waals surface area contributed by atoms with Crippen molar-refractivity contribution in [3.8, 4) is 0 Å². The zero-order valence-corrected chi connectivity index (χ0v) is 15.6. The maximum Gasteiger partial charge on any atom is 0.407 e. The van der Waals surface area contributed by atoms with Gasteiger partial charge >= 0.3 is 6.09 Å². The topological polar surface area (TPSA) is 57.4 Å². The normalized spacial score (nSPS) is 16.7. The second kappa shape index (κ2) is 7.84. The third kappa shape index (κ3) is 4.31. The molecule has 5 heteroatoms. The molecule has 1 aliphatic heterocycles. The summed E-state index contributed by atoms with van der Waals surface area (Å²) in [5.74, 6) is 0. The Kier molecular flexibility index (Phi) is 5.12. The third-order valence-electron chi connectivity index (χ3n) is 5.11. The Bertz CT molecular complexity index is 920. The number of nitrogens with one attached hydrogen (secondary N) is 2. The van der Waals surface area contributed by atoms with Gasteiger partial charge in [-0.1, -0.05) is 36.4 Å². The molecule has 0 bridgehead atoms. The van der Waals surface area contributed by atoms with Gasteiger partial charge in [-0.3, -0.25) is 0 Å². The summed E-state index contributed by atoms with van der Waals surface area (Å²) < 4.78 is 4.99. The van der Waals surface area contributed by atoms with E-state index < -0.39 is 0 Å². The van der Waals surface area contributed by atoms with Crippen LogP contribution in [0.5, 0.6) is 0 Å². The highest BCUT2D eigenvalue weighted by Gasteiger charge is 2.22. The molecule has 1 aliphatic rings. The second-order valence-corrected chi connectivity index (χ2v) is 7.31. The molecule has 5 nitrogen and oxygen atoms in total. The zero-order chi connectivity index (χ0) is 18.6. The minimum atomic E-state index is -0.315. The molecule has 2 aromatic carbocycles. The molecule has 1 amide bonds. The number of H-pyrrole nitrogens is 1. The maximum atomic E-state index is 11.2. The van der Waals surface area contributed by atoms with Crippen molar-refractivity contribution in [2.75, 3.05) is 20.2 Å². The number of carbonyl (C=O) groups is 1. The van der Waals surface area contributed by atoms with E-state index in [0.29, 0.717) is 6.61 Å². The highest BCUT2D eigenvalue weighted by atomic mass is 16.6. The summed E-state index contributed by atoms with van der Waals surface area (Å²) in [6.45, 7) is 2.40. The summed E-state index contributed by atoms with van der Waals surface area (Å²) in [4.78, 5) is 16.9. The van der Waals surface area contributed by atoms with Gasteiger partial charge in [0.25, 0.3) is 0 Å². The maximum absolute atomic E-state index is 11.2. The van der Waals surface area contributed by atoms with Crippen LogP contribution in [-0.2, 0) is 24.1 Å². The first-order valence-corrected chi connectivity index (χ1v) is 9.42. The fraction of sp³-hybridized carbons (Fsp3) is 0.318. The summed E-state index contributed by atoms with van der Waals surface area (Å²) in [7, 11) is 2.16. The van der Waals surface area contributed by atoms with Gasteiger partial charge in [0.05, 0.1) is 6.04 Å². The van der Waals surface area contributed by atoms with Crippen LogP contribution in [0.4, 0.5) is 4.79 Å². The van der Waals surface area contributed by atoms with Crippen molar-refractivity contribution in [1.29, 1.82) is 0 Å². The Morgan fingerprint density at radius 1 is 1.15 bits per heavy atom. The van der Waals surface area contributed by atoms with Gasteiger partial charge in [0.2, 0.25) is 0 Å². The number of likely N-dealkylation sites (N-methyl/N-ethyl adjacent to an activating group) is 1. The van der Waals surface area contributed by atoms with Gasteiger partial charge < -0.3 is 19.9 Å². The molecule has 0 radical (unpaired) electrons. The van der Waals surface area contributed by atoms with Crippen LogP contribution in [0, 0.1) is 0 Å². The van der Waals surface area contributed by atoms with E-state index >= 15 is 0 Å². The SMILES string of the molecule is CN(CCc1c[nH]c2ccc(C[C@H]3COC(=O)N3)cc12)Cc1ccccc1. The van der Waals surface area contributed by atoms with Crippen molar-refractivity contribution in [3.63, 3.8) is 0 Å². The van der Waals surface area contributed by atoms with Crippen LogP contribution in [0.25, 0.3) is 10.9 Å². The summed E-state index contributed by atoms with van der Waals surface area (Å²) in [5, 5.41) is 4.12. The van der Waals surface area contributed by atoms with Gasteiger partial charge in [-0.05, 0) is 48.7 Å². The minimum Gasteiger partial charge on any atom is -0.447 e. The van der Waals surface area contributed by atoms with Gasteiger partial charge in [0, 0.05) is 30.2 Å². The quantitative estimate of drug-likeness (QED) is 0.676. The molecular formula is C22H25N3O2. The van der Waals surface area contributed by atoms with Crippen molar-refractivity contribution in [2.24, 2.45) is 0 Å². The van der Waals surface area contributed by atoms with E-state index in [-0.39, 0.29) is 12.1 Å². The summed E-state index contributed by atoms with van der Waals surface area (Å²) >= 11 is 0. The molecule has 3 aromatic rings. The van der Waals surface area contributed by atoms with Crippen LogP contribution in [0.1, 0.15) is 16.7 Å². The van der Waals surface area contributed by atoms with E-state index in [0.717, 1.165) is 31.4 Å². The van der Waals surface area contributed by atoms with Crippen molar-refractivity contribution in [2.45, 2.75) is 25.4 Å². The van der Waals surface area contributed by atoms with Gasteiger partial charge in [-0.2, -0.15) is 0 Å². The molecule has 27 heavy (non-hydrogen) atoms. The summed E-state index contributed by atoms with van der Waals surface area (Å²) in [5.41, 5.74) is 5.04. The van der Waals surface area contributed by atoms with E-state index in [1.807, 2.05) is 0 Å². The molecule has 1 fully saturated rings. The first-order chi connectivity index (χ1) is 13.2. The summed E-state index contributed by atoms with van der Waals surface area (Å²) in [6, 6.07) is 17.1. The van der Waals surface area contributed by atoms with E-state index in [2.05, 4.69) is 77.0 Å². The zero-order valence-electron chi connectivity index (χ0n) is 15.6. The Balaban J connectivity index is 1.41. The molecule has 2 heterocycles. The number of aromatic nitrogens is 1. The molecule has 0 saturated carbocycles. The largest absolute Gasteiger partial charge is 0.447 e. The van der Waals surface area contributed by atoms with Crippen LogP contribution < -0.4 is 5.32 Å². The monoisotopic (exact) mass is 363 g/mol. The van der Waals surface area contributed by atoms with Gasteiger partial charge in [0.1, 0.15) is 6.61 Å². The Morgan fingerprint density at radius 3 is 2.78 bits per heavy atom. The predicted molar refractivity (Wildman–Crippen MR) is 107 cm³/mol. The number of alkyl carbamates (subject to hydrolysis) is 1. The van der Waals surface area contributed by atoms with Crippen LogP contribution in [0.3, 0.4) is 0 Å². The van der Waals surface area contributed by atoms with Gasteiger partial charge in [-0.25, -0.2) is 4.79 Å². The van der Waals surface area contributed by atoms with Crippen molar-refractivity contribution >= 4 is 17.0 Å². The number of hydrogen-bond donors (Lipinski definition) is 2. The van der Waals surface area contributed by atoms with Crippen LogP contribution in [0.15, 0.2) is 54.7 Å². The summed E-state index contributed by atoms with van der Waals surface area (Å²) in [6.07, 6.45) is 3.59. The number of carbonyl (C=O) groups excluding carboxylic acids is 1. The predicted octanol–water partition coefficient (Wildman–Crippen LogP) is 3.49. The third-order valence-corrected chi connectivity index (χ3v) is 5.11. The van der Waals surface area contributed by atoms with Crippen LogP contribution >= 0.6 is 0 Å².